The number of rotatable bonds is 9. The van der Waals surface area contributed by atoms with Crippen molar-refractivity contribution in [3.05, 3.63) is 12.1 Å². The Kier molecular flexibility index (Phi) is 7.01. The van der Waals surface area contributed by atoms with Gasteiger partial charge in [-0.1, -0.05) is 11.3 Å². The highest BCUT2D eigenvalue weighted by atomic mass is 32.1. The maximum absolute atomic E-state index is 11.0. The highest BCUT2D eigenvalue weighted by Crippen LogP contribution is 2.32. The lowest BCUT2D eigenvalue weighted by molar-refractivity contribution is -0.120. The standard InChI is InChI=1S/C21H29N3O5S/c1-13(22-14(2)25)11-27-17-9-15(10-17)12-28-19-4-3-18-20(24-19)30-21(23-18)29-16-5-7-26-8-6-16/h3-4,13,15-17H,5-12H2,1-2H3,(H,22,25)/t13-,15-,17-/m0/s1. The highest BCUT2D eigenvalue weighted by Gasteiger charge is 2.31. The molecule has 0 bridgehead atoms. The number of pyridine rings is 1. The number of nitrogens with zero attached hydrogens (tertiary/aromatic N) is 2. The fraction of sp³-hybridized carbons (Fsp3) is 0.667. The van der Waals surface area contributed by atoms with Crippen LogP contribution in [0.3, 0.4) is 0 Å². The topological polar surface area (TPSA) is 91.8 Å². The van der Waals surface area contributed by atoms with E-state index >= 15 is 0 Å². The number of amides is 1. The zero-order valence-corrected chi connectivity index (χ0v) is 18.3. The molecule has 2 aromatic rings. The smallest absolute Gasteiger partial charge is 0.276 e. The third-order valence-electron chi connectivity index (χ3n) is 5.34. The lowest BCUT2D eigenvalue weighted by Crippen LogP contribution is -2.40. The first kappa shape index (κ1) is 21.3. The Labute approximate surface area is 180 Å². The minimum absolute atomic E-state index is 0.0290. The van der Waals surface area contributed by atoms with Gasteiger partial charge in [-0.3, -0.25) is 4.79 Å². The summed E-state index contributed by atoms with van der Waals surface area (Å²) in [5.74, 6) is 1.06. The first-order valence-electron chi connectivity index (χ1n) is 10.6. The van der Waals surface area contributed by atoms with Gasteiger partial charge in [-0.05, 0) is 31.7 Å². The third kappa shape index (κ3) is 5.80. The van der Waals surface area contributed by atoms with E-state index in [9.17, 15) is 4.79 Å². The van der Waals surface area contributed by atoms with Gasteiger partial charge < -0.3 is 24.3 Å². The monoisotopic (exact) mass is 435 g/mol. The summed E-state index contributed by atoms with van der Waals surface area (Å²) in [6, 6.07) is 3.83. The average Bonchev–Trinajstić information content (AvgIpc) is 3.08. The second kappa shape index (κ2) is 9.89. The summed E-state index contributed by atoms with van der Waals surface area (Å²) in [6.07, 6.45) is 4.16. The van der Waals surface area contributed by atoms with E-state index in [0.717, 1.165) is 49.2 Å². The second-order valence-corrected chi connectivity index (χ2v) is 9.03. The SMILES string of the molecule is CC(=O)N[C@@H](C)CO[C@H]1C[C@H](COc2ccc3nc(OC4CCOCC4)sc3n2)C1. The van der Waals surface area contributed by atoms with E-state index in [2.05, 4.69) is 15.3 Å². The molecule has 9 heteroatoms. The van der Waals surface area contributed by atoms with Gasteiger partial charge in [0.2, 0.25) is 11.8 Å². The number of nitrogens with one attached hydrogen (secondary N) is 1. The van der Waals surface area contributed by atoms with Crippen LogP contribution in [0.2, 0.25) is 0 Å². The molecule has 1 aliphatic carbocycles. The molecule has 1 saturated heterocycles. The Balaban J connectivity index is 1.20. The first-order valence-corrected chi connectivity index (χ1v) is 11.4. The average molecular weight is 436 g/mol. The zero-order chi connectivity index (χ0) is 20.9. The Morgan fingerprint density at radius 3 is 2.83 bits per heavy atom. The molecule has 3 heterocycles. The maximum Gasteiger partial charge on any atom is 0.276 e. The maximum atomic E-state index is 11.0. The van der Waals surface area contributed by atoms with Crippen LogP contribution in [0.15, 0.2) is 12.1 Å². The number of carbonyl (C=O) groups excluding carboxylic acids is 1. The Morgan fingerprint density at radius 1 is 1.27 bits per heavy atom. The van der Waals surface area contributed by atoms with Gasteiger partial charge in [0.1, 0.15) is 11.6 Å². The van der Waals surface area contributed by atoms with E-state index in [-0.39, 0.29) is 24.2 Å². The Bertz CT molecular complexity index is 848. The van der Waals surface area contributed by atoms with Gasteiger partial charge in [0.25, 0.3) is 5.19 Å². The molecule has 2 aliphatic rings. The number of hydrogen-bond acceptors (Lipinski definition) is 8. The van der Waals surface area contributed by atoms with Crippen LogP contribution in [0, 0.1) is 5.92 Å². The summed E-state index contributed by atoms with van der Waals surface area (Å²) in [7, 11) is 0. The first-order chi connectivity index (χ1) is 14.5. The molecule has 164 valence electrons. The Hall–Kier alpha value is -1.97. The van der Waals surface area contributed by atoms with Crippen molar-refractivity contribution in [1.82, 2.24) is 15.3 Å². The molecule has 1 atom stereocenters. The van der Waals surface area contributed by atoms with E-state index in [1.807, 2.05) is 19.1 Å². The summed E-state index contributed by atoms with van der Waals surface area (Å²) in [5.41, 5.74) is 0.833. The number of thiazole rings is 1. The lowest BCUT2D eigenvalue weighted by Gasteiger charge is -2.35. The van der Waals surface area contributed by atoms with E-state index in [4.69, 9.17) is 18.9 Å². The van der Waals surface area contributed by atoms with Crippen LogP contribution in [0.4, 0.5) is 0 Å². The molecule has 0 unspecified atom stereocenters. The number of hydrogen-bond donors (Lipinski definition) is 1. The van der Waals surface area contributed by atoms with Gasteiger partial charge in [0.05, 0.1) is 32.5 Å². The fourth-order valence-corrected chi connectivity index (χ4v) is 4.51. The molecule has 0 spiro atoms. The predicted molar refractivity (Wildman–Crippen MR) is 113 cm³/mol. The highest BCUT2D eigenvalue weighted by molar-refractivity contribution is 7.19. The van der Waals surface area contributed by atoms with E-state index < -0.39 is 0 Å². The van der Waals surface area contributed by atoms with Crippen LogP contribution < -0.4 is 14.8 Å². The van der Waals surface area contributed by atoms with Crippen molar-refractivity contribution in [2.24, 2.45) is 5.92 Å². The molecule has 0 radical (unpaired) electrons. The van der Waals surface area contributed by atoms with Gasteiger partial charge in [-0.2, -0.15) is 0 Å². The van der Waals surface area contributed by atoms with Gasteiger partial charge in [0.15, 0.2) is 4.83 Å². The summed E-state index contributed by atoms with van der Waals surface area (Å²) >= 11 is 1.46. The van der Waals surface area contributed by atoms with Crippen LogP contribution in [0.5, 0.6) is 11.1 Å². The molecule has 1 amide bonds. The summed E-state index contributed by atoms with van der Waals surface area (Å²) in [6.45, 7) is 6.12. The summed E-state index contributed by atoms with van der Waals surface area (Å²) in [5, 5.41) is 3.49. The molecule has 4 rings (SSSR count). The largest absolute Gasteiger partial charge is 0.477 e. The molecule has 1 aliphatic heterocycles. The van der Waals surface area contributed by atoms with Gasteiger partial charge >= 0.3 is 0 Å². The van der Waals surface area contributed by atoms with E-state index in [1.54, 1.807) is 0 Å². The van der Waals surface area contributed by atoms with Crippen molar-refractivity contribution >= 4 is 27.6 Å². The van der Waals surface area contributed by atoms with Crippen molar-refractivity contribution < 1.29 is 23.7 Å². The van der Waals surface area contributed by atoms with Crippen molar-refractivity contribution in [3.8, 4) is 11.1 Å². The van der Waals surface area contributed by atoms with Crippen molar-refractivity contribution in [1.29, 1.82) is 0 Å². The fourth-order valence-electron chi connectivity index (χ4n) is 3.67. The van der Waals surface area contributed by atoms with Gasteiger partial charge in [-0.15, -0.1) is 0 Å². The molecule has 30 heavy (non-hydrogen) atoms. The van der Waals surface area contributed by atoms with Crippen LogP contribution in [-0.2, 0) is 14.3 Å². The minimum atomic E-state index is -0.0290. The molecule has 1 saturated carbocycles. The summed E-state index contributed by atoms with van der Waals surface area (Å²) in [4.78, 5) is 21.0. The minimum Gasteiger partial charge on any atom is -0.477 e. The van der Waals surface area contributed by atoms with Crippen LogP contribution >= 0.6 is 11.3 Å². The third-order valence-corrected chi connectivity index (χ3v) is 6.19. The zero-order valence-electron chi connectivity index (χ0n) is 17.5. The normalized spacial score (nSPS) is 23.0. The van der Waals surface area contributed by atoms with Gasteiger partial charge in [0, 0.05) is 31.9 Å². The molecule has 8 nitrogen and oxygen atoms in total. The van der Waals surface area contributed by atoms with E-state index in [0.29, 0.717) is 30.2 Å². The number of fused-ring (bicyclic) bond motifs is 1. The molecular weight excluding hydrogens is 406 g/mol. The second-order valence-electron chi connectivity index (χ2n) is 8.09. The van der Waals surface area contributed by atoms with Gasteiger partial charge in [-0.25, -0.2) is 9.97 Å². The van der Waals surface area contributed by atoms with Crippen LogP contribution in [0.25, 0.3) is 10.3 Å². The summed E-state index contributed by atoms with van der Waals surface area (Å²) < 4.78 is 23.1. The predicted octanol–water partition coefficient (Wildman–Crippen LogP) is 2.95. The van der Waals surface area contributed by atoms with Crippen molar-refractivity contribution in [2.75, 3.05) is 26.4 Å². The van der Waals surface area contributed by atoms with Crippen molar-refractivity contribution in [3.63, 3.8) is 0 Å². The molecule has 0 aromatic carbocycles. The van der Waals surface area contributed by atoms with Crippen molar-refractivity contribution in [2.45, 2.75) is 57.8 Å². The number of ether oxygens (including phenoxy) is 4. The van der Waals surface area contributed by atoms with E-state index in [1.165, 1.54) is 18.3 Å². The quantitative estimate of drug-likeness (QED) is 0.647. The van der Waals surface area contributed by atoms with Crippen LogP contribution in [0.1, 0.15) is 39.5 Å². The number of aromatic nitrogens is 2. The molecule has 2 aromatic heterocycles. The Morgan fingerprint density at radius 2 is 2.07 bits per heavy atom. The molecule has 1 N–H and O–H groups in total. The lowest BCUT2D eigenvalue weighted by atomic mass is 9.83. The molecular formula is C21H29N3O5S. The number of carbonyl (C=O) groups is 1. The molecule has 2 fully saturated rings. The van der Waals surface area contributed by atoms with Crippen LogP contribution in [-0.4, -0.2) is 60.6 Å².